The first-order chi connectivity index (χ1) is 13.9. The number of nitrogens with zero attached hydrogens (tertiary/aromatic N) is 1. The number of amides is 2. The molecule has 2 amide bonds. The molecule has 5 nitrogen and oxygen atoms in total. The number of likely N-dealkylation sites (tertiary alicyclic amines) is 1. The van der Waals surface area contributed by atoms with E-state index in [0.29, 0.717) is 17.4 Å². The Morgan fingerprint density at radius 2 is 1.79 bits per heavy atom. The van der Waals surface area contributed by atoms with Crippen molar-refractivity contribution in [1.82, 2.24) is 4.90 Å². The van der Waals surface area contributed by atoms with Gasteiger partial charge in [0.2, 0.25) is 5.91 Å². The van der Waals surface area contributed by atoms with E-state index in [9.17, 15) is 9.59 Å². The molecule has 3 rings (SSSR count). The maximum atomic E-state index is 12.8. The molecule has 1 fully saturated rings. The molecule has 0 radical (unpaired) electrons. The number of hydrogen-bond acceptors (Lipinski definition) is 3. The highest BCUT2D eigenvalue weighted by atomic mass is 16.2. The predicted octanol–water partition coefficient (Wildman–Crippen LogP) is 4.73. The van der Waals surface area contributed by atoms with Crippen molar-refractivity contribution in [3.63, 3.8) is 0 Å². The molecule has 2 aromatic rings. The van der Waals surface area contributed by atoms with Gasteiger partial charge in [-0.25, -0.2) is 0 Å². The van der Waals surface area contributed by atoms with Gasteiger partial charge in [-0.2, -0.15) is 0 Å². The smallest absolute Gasteiger partial charge is 0.253 e. The number of para-hydroxylation sites is 1. The lowest BCUT2D eigenvalue weighted by Crippen LogP contribution is -2.37. The average molecular weight is 394 g/mol. The maximum absolute atomic E-state index is 12.8. The fourth-order valence-corrected chi connectivity index (χ4v) is 3.65. The van der Waals surface area contributed by atoms with E-state index in [1.807, 2.05) is 53.4 Å². The fraction of sp³-hybridized carbons (Fsp3) is 0.417. The number of carbonyl (C=O) groups is 2. The van der Waals surface area contributed by atoms with Crippen molar-refractivity contribution in [2.45, 2.75) is 39.5 Å². The van der Waals surface area contributed by atoms with Gasteiger partial charge in [0.1, 0.15) is 0 Å². The van der Waals surface area contributed by atoms with E-state index in [-0.39, 0.29) is 18.4 Å². The van der Waals surface area contributed by atoms with Crippen LogP contribution in [0.4, 0.5) is 11.4 Å². The summed E-state index contributed by atoms with van der Waals surface area (Å²) in [6, 6.07) is 15.3. The van der Waals surface area contributed by atoms with Crippen LogP contribution in [-0.2, 0) is 4.79 Å². The number of carbonyl (C=O) groups excluding carboxylic acids is 2. The SMILES string of the molecule is CC1CCN(C(=O)c2cccc(NCC(=O)Nc3ccccc3C(C)C)c2)CC1. The molecule has 2 N–H and O–H groups in total. The van der Waals surface area contributed by atoms with Gasteiger partial charge in [-0.1, -0.05) is 45.0 Å². The Kier molecular flexibility index (Phi) is 6.91. The van der Waals surface area contributed by atoms with Crippen molar-refractivity contribution in [3.8, 4) is 0 Å². The van der Waals surface area contributed by atoms with Crippen LogP contribution in [0.1, 0.15) is 55.5 Å². The van der Waals surface area contributed by atoms with Gasteiger partial charge >= 0.3 is 0 Å². The molecule has 1 aliphatic rings. The molecule has 2 aromatic carbocycles. The van der Waals surface area contributed by atoms with Crippen LogP contribution in [0.25, 0.3) is 0 Å². The van der Waals surface area contributed by atoms with Crippen LogP contribution in [0.15, 0.2) is 48.5 Å². The summed E-state index contributed by atoms with van der Waals surface area (Å²) < 4.78 is 0. The van der Waals surface area contributed by atoms with Gasteiger partial charge in [0, 0.05) is 30.0 Å². The number of hydrogen-bond donors (Lipinski definition) is 2. The molecule has 154 valence electrons. The Bertz CT molecular complexity index is 855. The molecule has 0 saturated carbocycles. The van der Waals surface area contributed by atoms with Crippen molar-refractivity contribution in [1.29, 1.82) is 0 Å². The average Bonchev–Trinajstić information content (AvgIpc) is 2.73. The second-order valence-corrected chi connectivity index (χ2v) is 8.20. The summed E-state index contributed by atoms with van der Waals surface area (Å²) in [6.07, 6.45) is 2.11. The van der Waals surface area contributed by atoms with Crippen molar-refractivity contribution in [2.24, 2.45) is 5.92 Å². The number of benzene rings is 2. The summed E-state index contributed by atoms with van der Waals surface area (Å²) in [5.41, 5.74) is 3.39. The van der Waals surface area contributed by atoms with Crippen molar-refractivity contribution in [3.05, 3.63) is 59.7 Å². The first kappa shape index (κ1) is 20.9. The van der Waals surface area contributed by atoms with Gasteiger partial charge in [-0.05, 0) is 54.5 Å². The lowest BCUT2D eigenvalue weighted by Gasteiger charge is -2.30. The monoisotopic (exact) mass is 393 g/mol. The fourth-order valence-electron chi connectivity index (χ4n) is 3.65. The van der Waals surface area contributed by atoms with Crippen LogP contribution in [0.5, 0.6) is 0 Å². The number of nitrogens with one attached hydrogen (secondary N) is 2. The summed E-state index contributed by atoms with van der Waals surface area (Å²) in [5.74, 6) is 0.974. The van der Waals surface area contributed by atoms with Gasteiger partial charge in [-0.3, -0.25) is 9.59 Å². The van der Waals surface area contributed by atoms with E-state index in [0.717, 1.165) is 42.9 Å². The van der Waals surface area contributed by atoms with Crippen molar-refractivity contribution >= 4 is 23.2 Å². The standard InChI is InChI=1S/C24H31N3O2/c1-17(2)21-9-4-5-10-22(21)26-23(28)16-25-20-8-6-7-19(15-20)24(29)27-13-11-18(3)12-14-27/h4-10,15,17-18,25H,11-14,16H2,1-3H3,(H,26,28). The molecule has 0 spiro atoms. The number of piperidine rings is 1. The molecule has 1 saturated heterocycles. The van der Waals surface area contributed by atoms with Gasteiger partial charge in [0.25, 0.3) is 5.91 Å². The highest BCUT2D eigenvalue weighted by molar-refractivity contribution is 5.96. The zero-order valence-electron chi connectivity index (χ0n) is 17.6. The van der Waals surface area contributed by atoms with Crippen molar-refractivity contribution < 1.29 is 9.59 Å². The molecule has 0 aliphatic carbocycles. The molecule has 29 heavy (non-hydrogen) atoms. The molecule has 1 heterocycles. The summed E-state index contributed by atoms with van der Waals surface area (Å²) in [7, 11) is 0. The normalized spacial score (nSPS) is 14.7. The largest absolute Gasteiger partial charge is 0.376 e. The molecule has 0 aromatic heterocycles. The van der Waals surface area contributed by atoms with Crippen LogP contribution in [0.2, 0.25) is 0 Å². The van der Waals surface area contributed by atoms with Crippen molar-refractivity contribution in [2.75, 3.05) is 30.3 Å². The van der Waals surface area contributed by atoms with Crippen LogP contribution in [0.3, 0.4) is 0 Å². The third-order valence-corrected chi connectivity index (χ3v) is 5.49. The quantitative estimate of drug-likeness (QED) is 0.746. The molecule has 5 heteroatoms. The van der Waals surface area contributed by atoms with E-state index in [4.69, 9.17) is 0 Å². The number of anilines is 2. The van der Waals surface area contributed by atoms with E-state index in [1.54, 1.807) is 0 Å². The third-order valence-electron chi connectivity index (χ3n) is 5.49. The summed E-state index contributed by atoms with van der Waals surface area (Å²) in [5, 5.41) is 6.11. The van der Waals surface area contributed by atoms with Gasteiger partial charge in [0.05, 0.1) is 6.54 Å². The minimum absolute atomic E-state index is 0.0656. The molecule has 0 atom stereocenters. The Morgan fingerprint density at radius 1 is 1.07 bits per heavy atom. The summed E-state index contributed by atoms with van der Waals surface area (Å²) in [6.45, 7) is 8.22. The molecular weight excluding hydrogens is 362 g/mol. The minimum Gasteiger partial charge on any atom is -0.376 e. The summed E-state index contributed by atoms with van der Waals surface area (Å²) in [4.78, 5) is 27.1. The zero-order chi connectivity index (χ0) is 20.8. The Morgan fingerprint density at radius 3 is 2.52 bits per heavy atom. The number of rotatable bonds is 6. The highest BCUT2D eigenvalue weighted by Crippen LogP contribution is 2.24. The highest BCUT2D eigenvalue weighted by Gasteiger charge is 2.21. The van der Waals surface area contributed by atoms with Crippen LogP contribution < -0.4 is 10.6 Å². The lowest BCUT2D eigenvalue weighted by molar-refractivity contribution is -0.114. The Balaban J connectivity index is 1.58. The molecule has 0 unspecified atom stereocenters. The van der Waals surface area contributed by atoms with E-state index in [1.165, 1.54) is 0 Å². The molecule has 0 bridgehead atoms. The van der Waals surface area contributed by atoms with E-state index in [2.05, 4.69) is 31.4 Å². The third kappa shape index (κ3) is 5.59. The first-order valence-electron chi connectivity index (χ1n) is 10.5. The lowest BCUT2D eigenvalue weighted by atomic mass is 9.98. The molecular formula is C24H31N3O2. The predicted molar refractivity (Wildman–Crippen MR) is 118 cm³/mol. The Labute approximate surface area is 173 Å². The zero-order valence-corrected chi connectivity index (χ0v) is 17.6. The van der Waals surface area contributed by atoms with Crippen LogP contribution >= 0.6 is 0 Å². The minimum atomic E-state index is -0.111. The Hall–Kier alpha value is -2.82. The first-order valence-corrected chi connectivity index (χ1v) is 10.5. The summed E-state index contributed by atoms with van der Waals surface area (Å²) >= 11 is 0. The van der Waals surface area contributed by atoms with Crippen LogP contribution in [-0.4, -0.2) is 36.3 Å². The van der Waals surface area contributed by atoms with Crippen LogP contribution in [0, 0.1) is 5.92 Å². The second-order valence-electron chi connectivity index (χ2n) is 8.20. The van der Waals surface area contributed by atoms with E-state index >= 15 is 0 Å². The van der Waals surface area contributed by atoms with Gasteiger partial charge < -0.3 is 15.5 Å². The van der Waals surface area contributed by atoms with Gasteiger partial charge in [0.15, 0.2) is 0 Å². The van der Waals surface area contributed by atoms with Gasteiger partial charge in [-0.15, -0.1) is 0 Å². The second kappa shape index (κ2) is 9.59. The molecule has 1 aliphatic heterocycles. The maximum Gasteiger partial charge on any atom is 0.253 e. The topological polar surface area (TPSA) is 61.4 Å². The van der Waals surface area contributed by atoms with E-state index < -0.39 is 0 Å².